The standard InChI is InChI=1S/C10H21.2HI.Mg/c1-5-10(4)8-6-7-9(2)3;;;/h9-10H,2,5-8H2,1,3-4H3;2*1H;/q;;;+2/p-2. The van der Waals surface area contributed by atoms with E-state index in [9.17, 15) is 0 Å². The van der Waals surface area contributed by atoms with Gasteiger partial charge in [-0.1, -0.05) is 53.4 Å². The number of hydrogen-bond acceptors (Lipinski definition) is 0. The molecule has 0 heterocycles. The lowest BCUT2D eigenvalue weighted by Gasteiger charge is -2.08. The van der Waals surface area contributed by atoms with Gasteiger partial charge in [0.25, 0.3) is 0 Å². The highest BCUT2D eigenvalue weighted by molar-refractivity contribution is 14.3. The summed E-state index contributed by atoms with van der Waals surface area (Å²) in [5.74, 6) is 1.56. The van der Waals surface area contributed by atoms with Crippen LogP contribution in [0.5, 0.6) is 0 Å². The molecule has 0 fully saturated rings. The van der Waals surface area contributed by atoms with E-state index in [4.69, 9.17) is 0 Å². The molecular weight excluding hydrogens is 398 g/mol. The Morgan fingerprint density at radius 3 is 2.00 bits per heavy atom. The highest BCUT2D eigenvalue weighted by Gasteiger charge is 1.99. The van der Waals surface area contributed by atoms with Crippen molar-refractivity contribution in [2.24, 2.45) is 11.8 Å². The summed E-state index contributed by atoms with van der Waals surface area (Å²) in [6.45, 7) is 10.7. The van der Waals surface area contributed by atoms with Gasteiger partial charge in [-0.15, -0.1) is 0 Å². The van der Waals surface area contributed by atoms with E-state index in [1.54, 1.807) is 0 Å². The summed E-state index contributed by atoms with van der Waals surface area (Å²) < 4.78 is 0. The van der Waals surface area contributed by atoms with Crippen LogP contribution in [-0.2, 0) is 0 Å². The fraction of sp³-hybridized carbons (Fsp3) is 0.900. The molecule has 1 radical (unpaired) electrons. The van der Waals surface area contributed by atoms with Gasteiger partial charge in [0.15, 0.2) is 0 Å². The fourth-order valence-corrected chi connectivity index (χ4v) is 1.02. The summed E-state index contributed by atoms with van der Waals surface area (Å²) in [5.41, 5.74) is 0. The lowest BCUT2D eigenvalue weighted by molar-refractivity contribution is 0.461. The Balaban J connectivity index is 0. The van der Waals surface area contributed by atoms with Crippen LogP contribution in [0.1, 0.15) is 46.5 Å². The average Bonchev–Trinajstić information content (AvgIpc) is 2.05. The quantitative estimate of drug-likeness (QED) is 0.432. The Hall–Kier alpha value is 2.23. The van der Waals surface area contributed by atoms with E-state index in [1.807, 2.05) is 0 Å². The minimum atomic E-state index is 0.357. The van der Waals surface area contributed by atoms with Crippen LogP contribution in [0, 0.1) is 18.8 Å². The minimum absolute atomic E-state index is 0.357. The Kier molecular flexibility index (Phi) is 19.3. The van der Waals surface area contributed by atoms with Crippen LogP contribution in [0.4, 0.5) is 0 Å². The van der Waals surface area contributed by atoms with Crippen LogP contribution in [0.2, 0.25) is 0 Å². The molecule has 0 aromatic carbocycles. The number of halogens is 2. The molecule has 77 valence electrons. The van der Waals surface area contributed by atoms with Crippen LogP contribution >= 0.6 is 37.7 Å². The Morgan fingerprint density at radius 1 is 1.23 bits per heavy atom. The first-order valence-corrected chi connectivity index (χ1v) is 15.3. The van der Waals surface area contributed by atoms with Gasteiger partial charge in [0.05, 0.1) is 0 Å². The third-order valence-corrected chi connectivity index (χ3v) is 2.09. The van der Waals surface area contributed by atoms with Crippen molar-refractivity contribution in [1.29, 1.82) is 0 Å². The summed E-state index contributed by atoms with van der Waals surface area (Å²) >= 11 is 5.18. The maximum Gasteiger partial charge on any atom is 0.552 e. The van der Waals surface area contributed by atoms with Gasteiger partial charge in [0, 0.05) is 0 Å². The van der Waals surface area contributed by atoms with E-state index in [0.29, 0.717) is 18.5 Å². The molecule has 0 saturated heterocycles. The smallest absolute Gasteiger partial charge is 0.276 e. The molecule has 0 aromatic heterocycles. The summed E-state index contributed by atoms with van der Waals surface area (Å²) in [6, 6.07) is 0. The molecule has 13 heavy (non-hydrogen) atoms. The molecule has 0 aliphatic heterocycles. The Bertz CT molecular complexity index is 87.0. The highest BCUT2D eigenvalue weighted by atomic mass is 127. The highest BCUT2D eigenvalue weighted by Crippen LogP contribution is 2.13. The molecule has 2 atom stereocenters. The predicted octanol–water partition coefficient (Wildman–Crippen LogP) is 5.06. The van der Waals surface area contributed by atoms with Crippen molar-refractivity contribution in [2.75, 3.05) is 0 Å². The van der Waals surface area contributed by atoms with Crippen molar-refractivity contribution >= 4 is 50.3 Å². The van der Waals surface area contributed by atoms with Crippen molar-refractivity contribution in [3.8, 4) is 0 Å². The van der Waals surface area contributed by atoms with E-state index in [0.717, 1.165) is 5.92 Å². The molecule has 2 unspecified atom stereocenters. The maximum atomic E-state index is 3.96. The van der Waals surface area contributed by atoms with E-state index in [2.05, 4.69) is 65.4 Å². The third kappa shape index (κ3) is 20.3. The predicted molar refractivity (Wildman–Crippen MR) is 81.6 cm³/mol. The molecular formula is C10H21I2Mg. The van der Waals surface area contributed by atoms with Gasteiger partial charge in [-0.25, -0.2) is 0 Å². The molecule has 0 spiro atoms. The lowest BCUT2D eigenvalue weighted by atomic mass is 9.98. The number of hydrogen-bond donors (Lipinski definition) is 0. The van der Waals surface area contributed by atoms with Gasteiger partial charge >= 0.3 is 12.6 Å². The summed E-state index contributed by atoms with van der Waals surface area (Å²) in [6.07, 6.45) is 5.37. The first kappa shape index (κ1) is 17.6. The first-order chi connectivity index (χ1) is 6.08. The molecule has 0 nitrogen and oxygen atoms in total. The zero-order valence-electron chi connectivity index (χ0n) is 9.15. The minimum Gasteiger partial charge on any atom is -0.276 e. The molecule has 0 aromatic rings. The third-order valence-electron chi connectivity index (χ3n) is 2.09. The molecule has 0 rings (SSSR count). The second kappa shape index (κ2) is 14.2. The van der Waals surface area contributed by atoms with Gasteiger partial charge in [-0.2, -0.15) is 0 Å². The zero-order chi connectivity index (χ0) is 10.7. The average molecular weight is 419 g/mol. The second-order valence-electron chi connectivity index (χ2n) is 3.65. The molecule has 0 bridgehead atoms. The Morgan fingerprint density at radius 2 is 1.69 bits per heavy atom. The van der Waals surface area contributed by atoms with Crippen LogP contribution in [0.25, 0.3) is 0 Å². The monoisotopic (exact) mass is 419 g/mol. The van der Waals surface area contributed by atoms with Crippen LogP contribution in [-0.4, -0.2) is 12.6 Å². The molecule has 0 aliphatic carbocycles. The Labute approximate surface area is 114 Å². The summed E-state index contributed by atoms with van der Waals surface area (Å²) in [7, 11) is 0. The van der Waals surface area contributed by atoms with Crippen LogP contribution in [0.15, 0.2) is 0 Å². The second-order valence-corrected chi connectivity index (χ2v) is 17.2. The first-order valence-electron chi connectivity index (χ1n) is 5.03. The molecule has 0 amide bonds. The van der Waals surface area contributed by atoms with Crippen molar-refractivity contribution in [3.05, 3.63) is 6.92 Å². The van der Waals surface area contributed by atoms with E-state index >= 15 is 0 Å². The van der Waals surface area contributed by atoms with Gasteiger partial charge in [-0.3, -0.25) is 37.7 Å². The van der Waals surface area contributed by atoms with Crippen LogP contribution < -0.4 is 0 Å². The SMILES string of the molecule is [CH2]C(C)CCCC(C)CC.[I][Mg][I]. The maximum absolute atomic E-state index is 3.96. The fourth-order valence-electron chi connectivity index (χ4n) is 1.02. The van der Waals surface area contributed by atoms with Crippen molar-refractivity contribution in [1.82, 2.24) is 0 Å². The summed E-state index contributed by atoms with van der Waals surface area (Å²) in [4.78, 5) is 0. The zero-order valence-corrected chi connectivity index (χ0v) is 14.9. The number of rotatable bonds is 5. The normalized spacial score (nSPS) is 11.6. The van der Waals surface area contributed by atoms with E-state index in [1.165, 1.54) is 25.7 Å². The molecule has 3 heteroatoms. The van der Waals surface area contributed by atoms with Crippen molar-refractivity contribution in [2.45, 2.75) is 46.5 Å². The van der Waals surface area contributed by atoms with Crippen molar-refractivity contribution < 1.29 is 0 Å². The topological polar surface area (TPSA) is 0 Å². The van der Waals surface area contributed by atoms with E-state index in [-0.39, 0.29) is 0 Å². The van der Waals surface area contributed by atoms with Gasteiger partial charge in [-0.05, 0) is 11.8 Å². The van der Waals surface area contributed by atoms with Crippen molar-refractivity contribution in [3.63, 3.8) is 0 Å². The van der Waals surface area contributed by atoms with Gasteiger partial charge in [0.1, 0.15) is 0 Å². The molecule has 0 N–H and O–H groups in total. The van der Waals surface area contributed by atoms with Crippen LogP contribution in [0.3, 0.4) is 0 Å². The van der Waals surface area contributed by atoms with Gasteiger partial charge < -0.3 is 0 Å². The molecule has 0 saturated carbocycles. The summed E-state index contributed by atoms with van der Waals surface area (Å²) in [5, 5.41) is 0. The van der Waals surface area contributed by atoms with E-state index < -0.39 is 0 Å². The van der Waals surface area contributed by atoms with Gasteiger partial charge in [0.2, 0.25) is 0 Å². The largest absolute Gasteiger partial charge is 0.552 e. The lowest BCUT2D eigenvalue weighted by Crippen LogP contribution is -1.94. The molecule has 0 aliphatic rings.